The van der Waals surface area contributed by atoms with Gasteiger partial charge >= 0.3 is 0 Å². The lowest BCUT2D eigenvalue weighted by Crippen LogP contribution is -2.43. The standard InChI is InChI=1S/8C10H16N.4CBNO2/c8*1-3-4-7-11-8-5-10(2)6-9-11;4*3-1-2(4)5/h8*5-6,8-9H,3-4,7H2,1-2H3;;;;/q8*+1;4*-2. The molecule has 108 heavy (non-hydrogen) atoms. The maximum absolute atomic E-state index is 8.98. The molecule has 0 aromatic carbocycles. The molecule has 20 nitrogen and oxygen atoms in total. The van der Waals surface area contributed by atoms with Crippen LogP contribution >= 0.6 is 0 Å². The number of aryl methyl sites for hydroxylation is 16. The van der Waals surface area contributed by atoms with Crippen molar-refractivity contribution in [1.29, 1.82) is 21.0 Å². The minimum absolute atomic E-state index is 0.917. The second kappa shape index (κ2) is 74.9. The van der Waals surface area contributed by atoms with Crippen molar-refractivity contribution >= 4 is 28.5 Å². The lowest BCUT2D eigenvalue weighted by molar-refractivity contribution is -0.697. The molecular formula is C84H128B4N12O8. The second-order valence-corrected chi connectivity index (χ2v) is 25.6. The lowest BCUT2D eigenvalue weighted by atomic mass is 9.97. The minimum atomic E-state index is -2.31. The Labute approximate surface area is 653 Å². The molecule has 0 saturated carbocycles. The fourth-order valence-electron chi connectivity index (χ4n) is 8.17. The van der Waals surface area contributed by atoms with Crippen molar-refractivity contribution in [2.45, 2.75) is 266 Å². The van der Waals surface area contributed by atoms with Gasteiger partial charge in [-0.1, -0.05) is 107 Å². The van der Waals surface area contributed by atoms with E-state index in [4.69, 9.17) is 61.2 Å². The van der Waals surface area contributed by atoms with Gasteiger partial charge in [-0.15, -0.1) is 0 Å². The van der Waals surface area contributed by atoms with E-state index in [1.54, 1.807) is 0 Å². The first-order valence-corrected chi connectivity index (χ1v) is 38.2. The van der Waals surface area contributed by atoms with Gasteiger partial charge in [0.05, 0.1) is 0 Å². The monoisotopic (exact) mass is 1480 g/mol. The summed E-state index contributed by atoms with van der Waals surface area (Å²) in [6, 6.07) is 34.4. The summed E-state index contributed by atoms with van der Waals surface area (Å²) in [6.45, 7) is 43.9. The summed E-state index contributed by atoms with van der Waals surface area (Å²) in [5, 5.41) is 101. The zero-order valence-corrected chi connectivity index (χ0v) is 68.4. The highest BCUT2D eigenvalue weighted by Crippen LogP contribution is 1.98. The first-order chi connectivity index (χ1) is 51.7. The van der Waals surface area contributed by atoms with Crippen LogP contribution in [-0.4, -0.2) is 28.5 Å². The molecule has 8 aromatic heterocycles. The van der Waals surface area contributed by atoms with E-state index in [2.05, 4.69) is 344 Å². The molecule has 0 N–H and O–H groups in total. The van der Waals surface area contributed by atoms with Gasteiger partial charge in [0.2, 0.25) is 0 Å². The van der Waals surface area contributed by atoms with Crippen LogP contribution in [0.4, 0.5) is 0 Å². The third-order valence-electron chi connectivity index (χ3n) is 15.0. The molecule has 0 radical (unpaired) electrons. The summed E-state index contributed by atoms with van der Waals surface area (Å²) >= 11 is 0. The summed E-state index contributed by atoms with van der Waals surface area (Å²) < 4.78 is 17.9. The highest BCUT2D eigenvalue weighted by Gasteiger charge is 2.03. The van der Waals surface area contributed by atoms with Crippen molar-refractivity contribution in [3.05, 3.63) is 241 Å². The summed E-state index contributed by atoms with van der Waals surface area (Å²) in [5.41, 5.74) is 10.6. The van der Waals surface area contributed by atoms with Gasteiger partial charge in [-0.3, -0.25) is 0 Å². The fraction of sp³-hybridized carbons (Fsp3) is 0.476. The molecule has 24 heteroatoms. The van der Waals surface area contributed by atoms with E-state index in [0.717, 1.165) is 76.2 Å². The Morgan fingerprint density at radius 1 is 0.204 bits per heavy atom. The van der Waals surface area contributed by atoms with Crippen LogP contribution in [0.2, 0.25) is 0 Å². The molecule has 0 fully saturated rings. The fourth-order valence-corrected chi connectivity index (χ4v) is 8.17. The molecule has 584 valence electrons. The van der Waals surface area contributed by atoms with Gasteiger partial charge in [0.25, 0.3) is 0 Å². The number of pyridine rings is 8. The predicted molar refractivity (Wildman–Crippen MR) is 416 cm³/mol. The molecule has 0 aliphatic carbocycles. The minimum Gasteiger partial charge on any atom is -0.881 e. The molecule has 0 aliphatic heterocycles. The zero-order chi connectivity index (χ0) is 82.0. The molecule has 8 rings (SSSR count). The van der Waals surface area contributed by atoms with Crippen LogP contribution in [0.1, 0.15) is 203 Å². The van der Waals surface area contributed by atoms with Gasteiger partial charge in [0.15, 0.2) is 99.1 Å². The summed E-state index contributed by atoms with van der Waals surface area (Å²) in [6.07, 6.45) is 54.6. The average Bonchev–Trinajstić information content (AvgIpc) is 1.01. The van der Waals surface area contributed by atoms with Crippen LogP contribution in [-0.2, 0) is 52.4 Å². The van der Waals surface area contributed by atoms with E-state index in [9.17, 15) is 0 Å². The van der Waals surface area contributed by atoms with E-state index in [1.807, 2.05) is 0 Å². The summed E-state index contributed by atoms with van der Waals surface area (Å²) in [5.74, 6) is 3.67. The number of aromatic nitrogens is 8. The SMILES string of the molecule is CCCC[n+]1ccc(C)cc1.CCCC[n+]1ccc(C)cc1.CCCC[n+]1ccc(C)cc1.CCCC[n+]1ccc(C)cc1.CCCC[n+]1ccc(C)cc1.CCCC[n+]1ccc(C)cc1.CCCC[n+]1ccc(C)cc1.CCCC[n+]1ccc(C)cc1.N#CB([O-])[O-].N#CB([O-])[O-].N#CB([O-])[O-].N#CB([O-])[O-]. The largest absolute Gasteiger partial charge is 0.881 e. The first kappa shape index (κ1) is 105. The van der Waals surface area contributed by atoms with Crippen LogP contribution in [0, 0.1) is 100 Å². The van der Waals surface area contributed by atoms with Gasteiger partial charge < -0.3 is 40.2 Å². The Morgan fingerprint density at radius 3 is 0.333 bits per heavy atom. The zero-order valence-electron chi connectivity index (χ0n) is 68.4. The van der Waals surface area contributed by atoms with E-state index in [-0.39, 0.29) is 0 Å². The predicted octanol–water partition coefficient (Wildman–Crippen LogP) is 5.69. The number of rotatable bonds is 24. The maximum Gasteiger partial charge on any atom is 0.169 e. The molecule has 0 aliphatic rings. The molecule has 0 spiro atoms. The van der Waals surface area contributed by atoms with Crippen LogP contribution < -0.4 is 76.7 Å². The van der Waals surface area contributed by atoms with Gasteiger partial charge in [-0.05, 0) is 124 Å². The van der Waals surface area contributed by atoms with Gasteiger partial charge in [-0.2, -0.15) is 0 Å². The number of nitriles is 4. The van der Waals surface area contributed by atoms with E-state index in [0.29, 0.717) is 0 Å². The Balaban J connectivity index is -0.000000553. The van der Waals surface area contributed by atoms with Crippen molar-refractivity contribution in [2.24, 2.45) is 0 Å². The maximum atomic E-state index is 8.98. The number of hydrogen-bond acceptors (Lipinski definition) is 12. The third kappa shape index (κ3) is 72.7. The molecule has 0 amide bonds. The number of nitrogens with zero attached hydrogens (tertiary/aromatic N) is 12. The normalized spacial score (nSPS) is 9.22. The van der Waals surface area contributed by atoms with Crippen molar-refractivity contribution in [2.75, 3.05) is 0 Å². The lowest BCUT2D eigenvalue weighted by Gasteiger charge is -2.12. The highest BCUT2D eigenvalue weighted by molar-refractivity contribution is 6.47. The van der Waals surface area contributed by atoms with Gasteiger partial charge in [0, 0.05) is 177 Å². The smallest absolute Gasteiger partial charge is 0.169 e. The van der Waals surface area contributed by atoms with E-state index >= 15 is 0 Å². The van der Waals surface area contributed by atoms with Crippen molar-refractivity contribution in [1.82, 2.24) is 0 Å². The van der Waals surface area contributed by atoms with E-state index < -0.39 is 28.5 Å². The second-order valence-electron chi connectivity index (χ2n) is 25.6. The van der Waals surface area contributed by atoms with Gasteiger partial charge in [-0.25, -0.2) is 57.6 Å². The third-order valence-corrected chi connectivity index (χ3v) is 15.0. The van der Waals surface area contributed by atoms with Crippen molar-refractivity contribution in [3.63, 3.8) is 0 Å². The first-order valence-electron chi connectivity index (χ1n) is 38.2. The molecule has 0 unspecified atom stereocenters. The topological polar surface area (TPSA) is 311 Å². The number of hydrogen-bond donors (Lipinski definition) is 0. The van der Waals surface area contributed by atoms with Crippen LogP contribution in [0.25, 0.3) is 0 Å². The van der Waals surface area contributed by atoms with E-state index in [1.165, 1.54) is 147 Å². The molecule has 8 heterocycles. The Kier molecular flexibility index (Phi) is 73.2. The van der Waals surface area contributed by atoms with Crippen LogP contribution in [0.15, 0.2) is 196 Å². The summed E-state index contributed by atoms with van der Waals surface area (Å²) in [4.78, 5) is 0. The van der Waals surface area contributed by atoms with Crippen molar-refractivity contribution in [3.8, 4) is 23.9 Å². The highest BCUT2D eigenvalue weighted by atomic mass is 16.4. The quantitative estimate of drug-likeness (QED) is 0.0520. The molecule has 0 atom stereocenters. The number of unbranched alkanes of at least 4 members (excludes halogenated alkanes) is 8. The Bertz CT molecular complexity index is 2820. The van der Waals surface area contributed by atoms with Crippen LogP contribution in [0.5, 0.6) is 0 Å². The molecular weight excluding hydrogens is 1350 g/mol. The van der Waals surface area contributed by atoms with Gasteiger partial charge in [0.1, 0.15) is 52.4 Å². The Morgan fingerprint density at radius 2 is 0.278 bits per heavy atom. The van der Waals surface area contributed by atoms with Crippen molar-refractivity contribution < 1.29 is 76.7 Å². The molecule has 0 saturated heterocycles. The summed E-state index contributed by atoms with van der Waals surface area (Å²) in [7, 11) is -9.24. The average molecular weight is 1480 g/mol. The molecule has 8 aromatic rings. The van der Waals surface area contributed by atoms with Crippen LogP contribution in [0.3, 0.4) is 0 Å². The molecule has 0 bridgehead atoms. The Hall–Kier alpha value is -8.90.